The molecule has 0 amide bonds. The second-order valence-electron chi connectivity index (χ2n) is 3.55. The highest BCUT2D eigenvalue weighted by Gasteiger charge is 2.12. The zero-order valence-electron chi connectivity index (χ0n) is 8.50. The minimum atomic E-state index is 0.0362. The average Bonchev–Trinajstić information content (AvgIpc) is 2.94. The lowest BCUT2D eigenvalue weighted by atomic mass is 10.2. The first-order valence-electron chi connectivity index (χ1n) is 4.98. The van der Waals surface area contributed by atoms with Crippen molar-refractivity contribution < 1.29 is 5.11 Å². The first-order chi connectivity index (χ1) is 7.90. The predicted octanol–water partition coefficient (Wildman–Crippen LogP) is 2.56. The summed E-state index contributed by atoms with van der Waals surface area (Å²) in [6.07, 6.45) is 1.99. The number of rotatable bonds is 2. The van der Waals surface area contributed by atoms with Gasteiger partial charge >= 0.3 is 0 Å². The lowest BCUT2D eigenvalue weighted by molar-refractivity contribution is 0.282. The second-order valence-corrected chi connectivity index (χ2v) is 4.26. The average molecular weight is 230 g/mol. The van der Waals surface area contributed by atoms with Gasteiger partial charge in [-0.25, -0.2) is 4.98 Å². The molecule has 0 radical (unpaired) electrons. The summed E-state index contributed by atoms with van der Waals surface area (Å²) in [6, 6.07) is 7.98. The Hall–Kier alpha value is -1.65. The van der Waals surface area contributed by atoms with E-state index in [0.717, 1.165) is 22.5 Å². The number of aromatic nitrogens is 2. The van der Waals surface area contributed by atoms with Crippen LogP contribution in [0.4, 0.5) is 0 Å². The van der Waals surface area contributed by atoms with E-state index in [1.54, 1.807) is 16.8 Å². The monoisotopic (exact) mass is 230 g/mol. The Morgan fingerprint density at radius 2 is 2.31 bits per heavy atom. The first kappa shape index (κ1) is 9.57. The van der Waals surface area contributed by atoms with Gasteiger partial charge in [0, 0.05) is 22.7 Å². The molecule has 3 aromatic heterocycles. The van der Waals surface area contributed by atoms with Crippen molar-refractivity contribution in [1.82, 2.24) is 9.38 Å². The fourth-order valence-corrected chi connectivity index (χ4v) is 2.45. The van der Waals surface area contributed by atoms with E-state index in [2.05, 4.69) is 9.38 Å². The number of hydrogen-bond donors (Lipinski definition) is 1. The molecule has 0 aliphatic carbocycles. The molecule has 3 heterocycles. The van der Waals surface area contributed by atoms with Gasteiger partial charge in [0.1, 0.15) is 0 Å². The molecule has 0 saturated carbocycles. The maximum Gasteiger partial charge on any atom is 0.0982 e. The summed E-state index contributed by atoms with van der Waals surface area (Å²) in [5, 5.41) is 11.4. The number of aliphatic hydroxyl groups excluding tert-OH is 1. The SMILES string of the molecule is OCc1cc2ccccn2c1-c1cscn1. The van der Waals surface area contributed by atoms with Crippen molar-refractivity contribution >= 4 is 16.9 Å². The fourth-order valence-electron chi connectivity index (χ4n) is 1.92. The van der Waals surface area contributed by atoms with Crippen LogP contribution in [0.1, 0.15) is 5.56 Å². The van der Waals surface area contributed by atoms with Crippen LogP contribution in [-0.2, 0) is 6.61 Å². The summed E-state index contributed by atoms with van der Waals surface area (Å²) in [7, 11) is 0. The number of fused-ring (bicyclic) bond motifs is 1. The summed E-state index contributed by atoms with van der Waals surface area (Å²) in [6.45, 7) is 0.0362. The number of hydrogen-bond acceptors (Lipinski definition) is 3. The van der Waals surface area contributed by atoms with E-state index in [9.17, 15) is 5.11 Å². The third-order valence-electron chi connectivity index (χ3n) is 2.60. The minimum absolute atomic E-state index is 0.0362. The fraction of sp³-hybridized carbons (Fsp3) is 0.0833. The van der Waals surface area contributed by atoms with Crippen LogP contribution >= 0.6 is 11.3 Å². The smallest absolute Gasteiger partial charge is 0.0982 e. The van der Waals surface area contributed by atoms with E-state index in [1.165, 1.54) is 0 Å². The van der Waals surface area contributed by atoms with Crippen molar-refractivity contribution in [3.05, 3.63) is 46.9 Å². The molecule has 0 aromatic carbocycles. The third-order valence-corrected chi connectivity index (χ3v) is 3.19. The molecule has 80 valence electrons. The standard InChI is InChI=1S/C12H10N2OS/c15-6-9-5-10-3-1-2-4-14(10)12(9)11-7-16-8-13-11/h1-5,7-8,15H,6H2. The topological polar surface area (TPSA) is 37.5 Å². The Bertz CT molecular complexity index is 613. The van der Waals surface area contributed by atoms with Crippen molar-refractivity contribution in [2.45, 2.75) is 6.61 Å². The summed E-state index contributed by atoms with van der Waals surface area (Å²) < 4.78 is 2.06. The molecular weight excluding hydrogens is 220 g/mol. The molecule has 0 aliphatic rings. The molecule has 3 aromatic rings. The Morgan fingerprint density at radius 3 is 3.06 bits per heavy atom. The molecule has 3 nitrogen and oxygen atoms in total. The maximum absolute atomic E-state index is 9.38. The second kappa shape index (κ2) is 3.73. The molecular formula is C12H10N2OS. The van der Waals surface area contributed by atoms with Crippen LogP contribution in [0.5, 0.6) is 0 Å². The molecule has 0 bridgehead atoms. The van der Waals surface area contributed by atoms with Crippen LogP contribution in [0, 0.1) is 0 Å². The number of pyridine rings is 1. The molecule has 0 aliphatic heterocycles. The van der Waals surface area contributed by atoms with Crippen LogP contribution in [0.2, 0.25) is 0 Å². The molecule has 0 unspecified atom stereocenters. The van der Waals surface area contributed by atoms with Gasteiger partial charge in [-0.1, -0.05) is 6.07 Å². The van der Waals surface area contributed by atoms with E-state index in [1.807, 2.05) is 35.8 Å². The van der Waals surface area contributed by atoms with Gasteiger partial charge < -0.3 is 9.51 Å². The van der Waals surface area contributed by atoms with E-state index < -0.39 is 0 Å². The van der Waals surface area contributed by atoms with Crippen molar-refractivity contribution in [3.8, 4) is 11.4 Å². The molecule has 0 saturated heterocycles. The van der Waals surface area contributed by atoms with Gasteiger partial charge in [0.05, 0.1) is 23.5 Å². The van der Waals surface area contributed by atoms with Crippen molar-refractivity contribution in [3.63, 3.8) is 0 Å². The van der Waals surface area contributed by atoms with E-state index in [0.29, 0.717) is 0 Å². The van der Waals surface area contributed by atoms with Crippen LogP contribution < -0.4 is 0 Å². The molecule has 0 spiro atoms. The summed E-state index contributed by atoms with van der Waals surface area (Å²) in [5.41, 5.74) is 5.70. The van der Waals surface area contributed by atoms with Gasteiger partial charge in [-0.2, -0.15) is 0 Å². The van der Waals surface area contributed by atoms with Crippen LogP contribution in [0.3, 0.4) is 0 Å². The van der Waals surface area contributed by atoms with Crippen molar-refractivity contribution in [2.24, 2.45) is 0 Å². The number of thiazole rings is 1. The normalized spacial score (nSPS) is 11.1. The highest BCUT2D eigenvalue weighted by atomic mass is 32.1. The van der Waals surface area contributed by atoms with E-state index in [4.69, 9.17) is 0 Å². The molecule has 0 fully saturated rings. The summed E-state index contributed by atoms with van der Waals surface area (Å²) in [5.74, 6) is 0. The predicted molar refractivity (Wildman–Crippen MR) is 64.4 cm³/mol. The van der Waals surface area contributed by atoms with Gasteiger partial charge in [-0.05, 0) is 18.2 Å². The highest BCUT2D eigenvalue weighted by Crippen LogP contribution is 2.27. The molecule has 3 rings (SSSR count). The quantitative estimate of drug-likeness (QED) is 0.734. The number of nitrogens with zero attached hydrogens (tertiary/aromatic N) is 2. The Kier molecular flexibility index (Phi) is 2.23. The van der Waals surface area contributed by atoms with E-state index >= 15 is 0 Å². The summed E-state index contributed by atoms with van der Waals surface area (Å²) >= 11 is 1.56. The van der Waals surface area contributed by atoms with Gasteiger partial charge in [0.25, 0.3) is 0 Å². The molecule has 4 heteroatoms. The van der Waals surface area contributed by atoms with Crippen molar-refractivity contribution in [2.75, 3.05) is 0 Å². The Balaban J connectivity index is 2.36. The van der Waals surface area contributed by atoms with Gasteiger partial charge in [0.15, 0.2) is 0 Å². The van der Waals surface area contributed by atoms with Crippen LogP contribution in [0.25, 0.3) is 16.9 Å². The zero-order chi connectivity index (χ0) is 11.0. The van der Waals surface area contributed by atoms with E-state index in [-0.39, 0.29) is 6.61 Å². The molecule has 1 N–H and O–H groups in total. The lowest BCUT2D eigenvalue weighted by Crippen LogP contribution is -1.90. The Labute approximate surface area is 96.6 Å². The maximum atomic E-state index is 9.38. The van der Waals surface area contributed by atoms with Crippen LogP contribution in [-0.4, -0.2) is 14.5 Å². The molecule has 0 atom stereocenters. The molecule has 16 heavy (non-hydrogen) atoms. The lowest BCUT2D eigenvalue weighted by Gasteiger charge is -2.01. The van der Waals surface area contributed by atoms with Gasteiger partial charge in [-0.3, -0.25) is 0 Å². The van der Waals surface area contributed by atoms with Gasteiger partial charge in [0.2, 0.25) is 0 Å². The van der Waals surface area contributed by atoms with Crippen molar-refractivity contribution in [1.29, 1.82) is 0 Å². The first-order valence-corrected chi connectivity index (χ1v) is 5.93. The zero-order valence-corrected chi connectivity index (χ0v) is 9.31. The van der Waals surface area contributed by atoms with Crippen LogP contribution in [0.15, 0.2) is 41.4 Å². The Morgan fingerprint density at radius 1 is 1.38 bits per heavy atom. The summed E-state index contributed by atoms with van der Waals surface area (Å²) in [4.78, 5) is 4.30. The van der Waals surface area contributed by atoms with Gasteiger partial charge in [-0.15, -0.1) is 11.3 Å². The highest BCUT2D eigenvalue weighted by molar-refractivity contribution is 7.07. The minimum Gasteiger partial charge on any atom is -0.392 e. The number of aliphatic hydroxyl groups is 1. The third kappa shape index (κ3) is 1.35. The largest absolute Gasteiger partial charge is 0.392 e.